The Morgan fingerprint density at radius 3 is 2.72 bits per heavy atom. The molecule has 1 heterocycles. The molecular weight excluding hydrogens is 348 g/mol. The van der Waals surface area contributed by atoms with Crippen LogP contribution >= 0.6 is 11.3 Å². The van der Waals surface area contributed by atoms with Crippen molar-refractivity contribution in [3.8, 4) is 0 Å². The Kier molecular flexibility index (Phi) is 4.71. The van der Waals surface area contributed by atoms with Crippen molar-refractivity contribution in [2.45, 2.75) is 6.92 Å². The molecule has 0 aliphatic carbocycles. The number of amides is 2. The van der Waals surface area contributed by atoms with E-state index < -0.39 is 23.4 Å². The second kappa shape index (κ2) is 6.94. The van der Waals surface area contributed by atoms with Gasteiger partial charge in [-0.15, -0.1) is 0 Å². The summed E-state index contributed by atoms with van der Waals surface area (Å²) in [6.07, 6.45) is 0. The van der Waals surface area contributed by atoms with Crippen molar-refractivity contribution in [1.82, 2.24) is 10.3 Å². The fraction of sp³-hybridized carbons (Fsp3) is 0.118. The molecular formula is C17H13F2N3O2S. The molecule has 0 unspecified atom stereocenters. The van der Waals surface area contributed by atoms with E-state index in [1.54, 1.807) is 0 Å². The van der Waals surface area contributed by atoms with Gasteiger partial charge in [-0.2, -0.15) is 0 Å². The Labute approximate surface area is 145 Å². The number of anilines is 1. The maximum absolute atomic E-state index is 13.5. The minimum atomic E-state index is -0.987. The summed E-state index contributed by atoms with van der Waals surface area (Å²) in [6.45, 7) is 1.60. The number of nitrogens with one attached hydrogen (secondary N) is 2. The molecule has 5 nitrogen and oxygen atoms in total. The lowest BCUT2D eigenvalue weighted by atomic mass is 10.2. The summed E-state index contributed by atoms with van der Waals surface area (Å²) in [6, 6.07) is 8.34. The van der Waals surface area contributed by atoms with Crippen LogP contribution in [0.25, 0.3) is 10.2 Å². The van der Waals surface area contributed by atoms with Crippen molar-refractivity contribution in [3.05, 3.63) is 59.2 Å². The Hall–Kier alpha value is -2.87. The van der Waals surface area contributed by atoms with Gasteiger partial charge in [-0.25, -0.2) is 13.8 Å². The monoisotopic (exact) mass is 361 g/mol. The van der Waals surface area contributed by atoms with Crippen LogP contribution in [-0.2, 0) is 4.79 Å². The van der Waals surface area contributed by atoms with E-state index in [1.165, 1.54) is 11.3 Å². The van der Waals surface area contributed by atoms with Gasteiger partial charge in [-0.1, -0.05) is 17.4 Å². The van der Waals surface area contributed by atoms with Gasteiger partial charge in [-0.3, -0.25) is 9.59 Å². The number of thiazole rings is 1. The van der Waals surface area contributed by atoms with Gasteiger partial charge in [0.1, 0.15) is 11.6 Å². The Morgan fingerprint density at radius 2 is 1.96 bits per heavy atom. The molecule has 1 aromatic heterocycles. The zero-order valence-corrected chi connectivity index (χ0v) is 13.9. The molecule has 3 rings (SSSR count). The normalized spacial score (nSPS) is 10.7. The summed E-state index contributed by atoms with van der Waals surface area (Å²) in [5.74, 6) is -3.06. The highest BCUT2D eigenvalue weighted by Gasteiger charge is 2.14. The lowest BCUT2D eigenvalue weighted by Gasteiger charge is -2.06. The van der Waals surface area contributed by atoms with E-state index in [0.717, 1.165) is 27.9 Å². The highest BCUT2D eigenvalue weighted by atomic mass is 32.1. The van der Waals surface area contributed by atoms with Gasteiger partial charge in [0.25, 0.3) is 5.91 Å². The van der Waals surface area contributed by atoms with Crippen LogP contribution in [0.4, 0.5) is 13.9 Å². The fourth-order valence-corrected chi connectivity index (χ4v) is 3.16. The number of benzene rings is 2. The highest BCUT2D eigenvalue weighted by molar-refractivity contribution is 7.22. The van der Waals surface area contributed by atoms with E-state index in [9.17, 15) is 18.4 Å². The zero-order chi connectivity index (χ0) is 18.0. The second-order valence-corrected chi connectivity index (χ2v) is 6.38. The molecule has 0 spiro atoms. The first-order chi connectivity index (χ1) is 11.9. The first-order valence-corrected chi connectivity index (χ1v) is 8.14. The van der Waals surface area contributed by atoms with Crippen molar-refractivity contribution in [3.63, 3.8) is 0 Å². The van der Waals surface area contributed by atoms with E-state index in [1.807, 2.05) is 25.1 Å². The van der Waals surface area contributed by atoms with Crippen LogP contribution in [0.5, 0.6) is 0 Å². The number of fused-ring (bicyclic) bond motifs is 1. The smallest absolute Gasteiger partial charge is 0.254 e. The summed E-state index contributed by atoms with van der Waals surface area (Å²) < 4.78 is 27.3. The van der Waals surface area contributed by atoms with Crippen LogP contribution in [0.15, 0.2) is 36.4 Å². The first kappa shape index (κ1) is 17.0. The number of aryl methyl sites for hydroxylation is 1. The van der Waals surface area contributed by atoms with Gasteiger partial charge < -0.3 is 10.6 Å². The Morgan fingerprint density at radius 1 is 1.16 bits per heavy atom. The molecule has 0 fully saturated rings. The average Bonchev–Trinajstić information content (AvgIpc) is 2.93. The van der Waals surface area contributed by atoms with Crippen molar-refractivity contribution in [1.29, 1.82) is 0 Å². The summed E-state index contributed by atoms with van der Waals surface area (Å²) in [5.41, 5.74) is 1.52. The minimum Gasteiger partial charge on any atom is -0.343 e. The van der Waals surface area contributed by atoms with Crippen LogP contribution < -0.4 is 10.6 Å². The highest BCUT2D eigenvalue weighted by Crippen LogP contribution is 2.26. The number of carbonyl (C=O) groups excluding carboxylic acids is 2. The van der Waals surface area contributed by atoms with E-state index in [-0.39, 0.29) is 12.1 Å². The molecule has 0 saturated carbocycles. The van der Waals surface area contributed by atoms with Gasteiger partial charge in [0.05, 0.1) is 22.3 Å². The molecule has 25 heavy (non-hydrogen) atoms. The minimum absolute atomic E-state index is 0.329. The fourth-order valence-electron chi connectivity index (χ4n) is 2.18. The molecule has 0 aliphatic heterocycles. The molecule has 2 N–H and O–H groups in total. The van der Waals surface area contributed by atoms with Crippen LogP contribution in [0.1, 0.15) is 15.9 Å². The number of rotatable bonds is 4. The van der Waals surface area contributed by atoms with E-state index in [4.69, 9.17) is 0 Å². The molecule has 0 radical (unpaired) electrons. The third kappa shape index (κ3) is 3.97. The number of hydrogen-bond donors (Lipinski definition) is 2. The van der Waals surface area contributed by atoms with Crippen LogP contribution in [0.2, 0.25) is 0 Å². The van der Waals surface area contributed by atoms with Crippen molar-refractivity contribution in [2.24, 2.45) is 0 Å². The Bertz CT molecular complexity index is 972. The van der Waals surface area contributed by atoms with Crippen LogP contribution in [-0.4, -0.2) is 23.3 Å². The number of carbonyl (C=O) groups is 2. The topological polar surface area (TPSA) is 71.1 Å². The molecule has 0 aliphatic rings. The SMILES string of the molecule is Cc1ccc2nc(NC(=O)CNC(=O)c3ccc(F)cc3F)sc2c1. The Balaban J connectivity index is 1.61. The van der Waals surface area contributed by atoms with Gasteiger partial charge >= 0.3 is 0 Å². The van der Waals surface area contributed by atoms with Crippen molar-refractivity contribution >= 4 is 38.5 Å². The van der Waals surface area contributed by atoms with Gasteiger partial charge in [0.15, 0.2) is 5.13 Å². The molecule has 3 aromatic rings. The van der Waals surface area contributed by atoms with Crippen LogP contribution in [0.3, 0.4) is 0 Å². The second-order valence-electron chi connectivity index (χ2n) is 5.35. The van der Waals surface area contributed by atoms with E-state index in [2.05, 4.69) is 15.6 Å². The van der Waals surface area contributed by atoms with E-state index >= 15 is 0 Å². The van der Waals surface area contributed by atoms with Crippen LogP contribution in [0, 0.1) is 18.6 Å². The summed E-state index contributed by atoms with van der Waals surface area (Å²) >= 11 is 1.32. The lowest BCUT2D eigenvalue weighted by molar-refractivity contribution is -0.115. The summed E-state index contributed by atoms with van der Waals surface area (Å²) in [4.78, 5) is 28.0. The molecule has 128 valence electrons. The molecule has 0 atom stereocenters. The number of hydrogen-bond acceptors (Lipinski definition) is 4. The molecule has 8 heteroatoms. The third-order valence-electron chi connectivity index (χ3n) is 3.38. The zero-order valence-electron chi connectivity index (χ0n) is 13.1. The van der Waals surface area contributed by atoms with Gasteiger partial charge in [0, 0.05) is 6.07 Å². The third-order valence-corrected chi connectivity index (χ3v) is 4.31. The maximum atomic E-state index is 13.5. The standard InChI is InChI=1S/C17H13F2N3O2S/c1-9-2-5-13-14(6-9)25-17(21-13)22-15(23)8-20-16(24)11-4-3-10(18)7-12(11)19/h2-7H,8H2,1H3,(H,20,24)(H,21,22,23). The summed E-state index contributed by atoms with van der Waals surface area (Å²) in [5, 5.41) is 5.28. The number of nitrogens with zero attached hydrogens (tertiary/aromatic N) is 1. The van der Waals surface area contributed by atoms with E-state index in [0.29, 0.717) is 11.2 Å². The molecule has 0 bridgehead atoms. The average molecular weight is 361 g/mol. The molecule has 2 aromatic carbocycles. The predicted molar refractivity (Wildman–Crippen MR) is 91.7 cm³/mol. The number of halogens is 2. The maximum Gasteiger partial charge on any atom is 0.254 e. The lowest BCUT2D eigenvalue weighted by Crippen LogP contribution is -2.33. The molecule has 2 amide bonds. The van der Waals surface area contributed by atoms with Gasteiger partial charge in [0.2, 0.25) is 5.91 Å². The number of aromatic nitrogens is 1. The summed E-state index contributed by atoms with van der Waals surface area (Å²) in [7, 11) is 0. The van der Waals surface area contributed by atoms with Crippen molar-refractivity contribution in [2.75, 3.05) is 11.9 Å². The quantitative estimate of drug-likeness (QED) is 0.749. The predicted octanol–water partition coefficient (Wildman–Crippen LogP) is 3.25. The van der Waals surface area contributed by atoms with Gasteiger partial charge in [-0.05, 0) is 36.8 Å². The molecule has 0 saturated heterocycles. The first-order valence-electron chi connectivity index (χ1n) is 7.32. The largest absolute Gasteiger partial charge is 0.343 e. The van der Waals surface area contributed by atoms with Crippen molar-refractivity contribution < 1.29 is 18.4 Å².